The average molecular weight is 426 g/mol. The molecule has 1 aliphatic rings. The van der Waals surface area contributed by atoms with E-state index >= 15 is 0 Å². The summed E-state index contributed by atoms with van der Waals surface area (Å²) in [6.45, 7) is 19.7. The molecule has 3 heteroatoms. The predicted octanol–water partition coefficient (Wildman–Crippen LogP) is 7.69. The number of para-hydroxylation sites is 1. The number of halogens is 1. The molecule has 1 N–H and O–H groups in total. The van der Waals surface area contributed by atoms with E-state index in [0.717, 1.165) is 35.4 Å². The summed E-state index contributed by atoms with van der Waals surface area (Å²) in [5.41, 5.74) is 4.75. The van der Waals surface area contributed by atoms with E-state index in [-0.39, 0.29) is 18.0 Å². The molecule has 2 nitrogen and oxygen atoms in total. The first-order valence-electron chi connectivity index (χ1n) is 11.2. The van der Waals surface area contributed by atoms with Gasteiger partial charge in [-0.1, -0.05) is 58.5 Å². The molecule has 2 aromatic carbocycles. The molecule has 0 spiro atoms. The molecule has 170 valence electrons. The third-order valence-corrected chi connectivity index (χ3v) is 4.79. The summed E-state index contributed by atoms with van der Waals surface area (Å²) in [5.74, 6) is 2.99. The van der Waals surface area contributed by atoms with E-state index in [1.807, 2.05) is 72.7 Å². The van der Waals surface area contributed by atoms with Crippen LogP contribution < -0.4 is 10.1 Å². The van der Waals surface area contributed by atoms with Crippen molar-refractivity contribution in [3.63, 3.8) is 0 Å². The molecular formula is C28H40FNO. The Morgan fingerprint density at radius 1 is 1.16 bits per heavy atom. The van der Waals surface area contributed by atoms with Gasteiger partial charge in [0.15, 0.2) is 0 Å². The molecule has 1 heterocycles. The van der Waals surface area contributed by atoms with Crippen LogP contribution in [0.1, 0.15) is 76.3 Å². The van der Waals surface area contributed by atoms with E-state index in [9.17, 15) is 4.39 Å². The van der Waals surface area contributed by atoms with E-state index in [2.05, 4.69) is 30.3 Å². The lowest BCUT2D eigenvalue weighted by atomic mass is 9.98. The molecule has 0 aromatic heterocycles. The van der Waals surface area contributed by atoms with Crippen LogP contribution in [0.5, 0.6) is 5.75 Å². The van der Waals surface area contributed by atoms with Crippen molar-refractivity contribution >= 4 is 0 Å². The van der Waals surface area contributed by atoms with Gasteiger partial charge in [-0.25, -0.2) is 4.39 Å². The van der Waals surface area contributed by atoms with Crippen molar-refractivity contribution in [2.24, 2.45) is 0 Å². The second-order valence-corrected chi connectivity index (χ2v) is 6.89. The van der Waals surface area contributed by atoms with Crippen LogP contribution in [0.15, 0.2) is 48.7 Å². The van der Waals surface area contributed by atoms with Crippen molar-refractivity contribution < 1.29 is 9.13 Å². The highest BCUT2D eigenvalue weighted by molar-refractivity contribution is 5.37. The smallest absolute Gasteiger partial charge is 0.138 e. The lowest BCUT2D eigenvalue weighted by Gasteiger charge is -2.30. The zero-order valence-electron chi connectivity index (χ0n) is 20.6. The number of hydrogen-bond acceptors (Lipinski definition) is 2. The van der Waals surface area contributed by atoms with E-state index in [0.29, 0.717) is 5.56 Å². The fourth-order valence-electron chi connectivity index (χ4n) is 3.15. The molecule has 1 aliphatic heterocycles. The van der Waals surface area contributed by atoms with E-state index < -0.39 is 0 Å². The summed E-state index contributed by atoms with van der Waals surface area (Å²) in [6.07, 6.45) is 6.36. The largest absolute Gasteiger partial charge is 0.484 e. The molecule has 2 atom stereocenters. The lowest BCUT2D eigenvalue weighted by Crippen LogP contribution is -2.33. The summed E-state index contributed by atoms with van der Waals surface area (Å²) >= 11 is 0. The second-order valence-electron chi connectivity index (χ2n) is 6.89. The molecule has 0 saturated heterocycles. The van der Waals surface area contributed by atoms with Crippen LogP contribution in [0, 0.1) is 32.0 Å². The number of aryl methyl sites for hydroxylation is 3. The number of hydrogen-bond donors (Lipinski definition) is 1. The number of rotatable bonds is 4. The van der Waals surface area contributed by atoms with Crippen molar-refractivity contribution in [3.05, 3.63) is 76.7 Å². The second kappa shape index (κ2) is 15.1. The maximum absolute atomic E-state index is 14.3. The van der Waals surface area contributed by atoms with E-state index in [1.165, 1.54) is 5.56 Å². The lowest BCUT2D eigenvalue weighted by molar-refractivity contribution is 0.197. The zero-order chi connectivity index (χ0) is 24.0. The highest BCUT2D eigenvalue weighted by Gasteiger charge is 2.23. The number of fused-ring (bicyclic) bond motifs is 1. The first-order valence-corrected chi connectivity index (χ1v) is 11.2. The number of ether oxygens (including phenoxy) is 1. The SMILES string of the molecule is C#CC.C=C(NC(C)c1cc(C)c(C)cc1F)C1CCc2ccccc2O1.CC.CC. The van der Waals surface area contributed by atoms with Gasteiger partial charge in [-0.2, -0.15) is 0 Å². The first-order chi connectivity index (χ1) is 14.9. The normalized spacial score (nSPS) is 14.3. The van der Waals surface area contributed by atoms with Gasteiger partial charge >= 0.3 is 0 Å². The van der Waals surface area contributed by atoms with Gasteiger partial charge in [-0.15, -0.1) is 12.3 Å². The summed E-state index contributed by atoms with van der Waals surface area (Å²) < 4.78 is 20.3. The number of terminal acetylenes is 1. The quantitative estimate of drug-likeness (QED) is 0.507. The molecule has 0 fully saturated rings. The van der Waals surface area contributed by atoms with Crippen molar-refractivity contribution in [2.75, 3.05) is 0 Å². The van der Waals surface area contributed by atoms with Gasteiger partial charge in [-0.3, -0.25) is 0 Å². The van der Waals surface area contributed by atoms with Gasteiger partial charge in [0.05, 0.1) is 6.04 Å². The van der Waals surface area contributed by atoms with Crippen molar-refractivity contribution in [2.45, 2.75) is 80.4 Å². The van der Waals surface area contributed by atoms with Gasteiger partial charge in [-0.05, 0) is 69.4 Å². The number of nitrogens with one attached hydrogen (secondary N) is 1. The molecule has 0 radical (unpaired) electrons. The van der Waals surface area contributed by atoms with E-state index in [1.54, 1.807) is 13.0 Å². The van der Waals surface area contributed by atoms with Crippen molar-refractivity contribution in [3.8, 4) is 18.1 Å². The third-order valence-electron chi connectivity index (χ3n) is 4.79. The summed E-state index contributed by atoms with van der Waals surface area (Å²) in [7, 11) is 0. The van der Waals surface area contributed by atoms with Gasteiger partial charge in [0.25, 0.3) is 0 Å². The summed E-state index contributed by atoms with van der Waals surface area (Å²) in [6, 6.07) is 11.4. The zero-order valence-corrected chi connectivity index (χ0v) is 20.6. The van der Waals surface area contributed by atoms with Crippen molar-refractivity contribution in [1.29, 1.82) is 0 Å². The Kier molecular flexibility index (Phi) is 13.8. The van der Waals surface area contributed by atoms with Gasteiger partial charge in [0.2, 0.25) is 0 Å². The Labute approximate surface area is 189 Å². The topological polar surface area (TPSA) is 21.3 Å². The highest BCUT2D eigenvalue weighted by Crippen LogP contribution is 2.30. The van der Waals surface area contributed by atoms with Gasteiger partial charge in [0.1, 0.15) is 17.7 Å². The molecule has 0 bridgehead atoms. The Hall–Kier alpha value is -2.73. The average Bonchev–Trinajstić information content (AvgIpc) is 2.79. The minimum absolute atomic E-state index is 0.0862. The fraction of sp³-hybridized carbons (Fsp3) is 0.429. The first kappa shape index (κ1) is 28.3. The standard InChI is InChI=1S/C21H24FNO.C3H4.2C2H6/c1-13-11-18(19(22)12-14(13)2)15(3)23-16(4)20-10-9-17-7-5-6-8-21(17)24-20;1-3-2;2*1-2/h5-8,11-12,15,20,23H,4,9-10H2,1-3H3;1H,2H3;2*1-2H3. The van der Waals surface area contributed by atoms with Gasteiger partial charge in [0, 0.05) is 11.3 Å². The Bertz CT molecular complexity index is 851. The predicted molar refractivity (Wildman–Crippen MR) is 133 cm³/mol. The fourth-order valence-corrected chi connectivity index (χ4v) is 3.15. The Morgan fingerprint density at radius 3 is 2.32 bits per heavy atom. The Morgan fingerprint density at radius 2 is 1.71 bits per heavy atom. The summed E-state index contributed by atoms with van der Waals surface area (Å²) in [5, 5.41) is 3.32. The van der Waals surface area contributed by atoms with Crippen LogP contribution in [0.2, 0.25) is 0 Å². The van der Waals surface area contributed by atoms with Crippen molar-refractivity contribution in [1.82, 2.24) is 5.32 Å². The third kappa shape index (κ3) is 8.50. The molecule has 31 heavy (non-hydrogen) atoms. The minimum atomic E-state index is -0.180. The molecule has 0 aliphatic carbocycles. The maximum Gasteiger partial charge on any atom is 0.138 e. The minimum Gasteiger partial charge on any atom is -0.484 e. The molecule has 3 rings (SSSR count). The molecule has 0 amide bonds. The van der Waals surface area contributed by atoms with Crippen LogP contribution in [0.25, 0.3) is 0 Å². The molecule has 2 aromatic rings. The molecule has 2 unspecified atom stereocenters. The molecule has 0 saturated carbocycles. The van der Waals surface area contributed by atoms with Crippen LogP contribution in [0.4, 0.5) is 4.39 Å². The van der Waals surface area contributed by atoms with Crippen LogP contribution >= 0.6 is 0 Å². The monoisotopic (exact) mass is 425 g/mol. The van der Waals surface area contributed by atoms with Gasteiger partial charge < -0.3 is 10.1 Å². The van der Waals surface area contributed by atoms with Crippen LogP contribution in [0.3, 0.4) is 0 Å². The van der Waals surface area contributed by atoms with Crippen LogP contribution in [-0.4, -0.2) is 6.10 Å². The molecular weight excluding hydrogens is 385 g/mol. The van der Waals surface area contributed by atoms with E-state index in [4.69, 9.17) is 4.74 Å². The maximum atomic E-state index is 14.3. The van der Waals surface area contributed by atoms with Crippen LogP contribution in [-0.2, 0) is 6.42 Å². The highest BCUT2D eigenvalue weighted by atomic mass is 19.1. The Balaban J connectivity index is 0.00000116. The number of benzene rings is 2. The summed E-state index contributed by atoms with van der Waals surface area (Å²) in [4.78, 5) is 0.